The number of carbonyl (C=O) groups excluding carboxylic acids is 1. The zero-order valence-corrected chi connectivity index (χ0v) is 11.9. The maximum Gasteiger partial charge on any atom is 0.254 e. The van der Waals surface area contributed by atoms with E-state index in [0.717, 1.165) is 11.4 Å². The van der Waals surface area contributed by atoms with Crippen molar-refractivity contribution in [1.29, 1.82) is 0 Å². The zero-order chi connectivity index (χ0) is 14.5. The normalized spacial score (nSPS) is 10.6. The Morgan fingerprint density at radius 1 is 1.50 bits per heavy atom. The van der Waals surface area contributed by atoms with Gasteiger partial charge in [-0.05, 0) is 24.6 Å². The van der Waals surface area contributed by atoms with E-state index in [1.54, 1.807) is 16.8 Å². The third-order valence-corrected chi connectivity index (χ3v) is 3.13. The van der Waals surface area contributed by atoms with Crippen molar-refractivity contribution in [3.05, 3.63) is 46.7 Å². The summed E-state index contributed by atoms with van der Waals surface area (Å²) < 4.78 is 1.71. The molecule has 2 N–H and O–H groups in total. The van der Waals surface area contributed by atoms with Crippen LogP contribution < -0.4 is 5.32 Å². The van der Waals surface area contributed by atoms with E-state index in [9.17, 15) is 4.79 Å². The zero-order valence-electron chi connectivity index (χ0n) is 11.1. The predicted octanol–water partition coefficient (Wildman–Crippen LogP) is 1.81. The fraction of sp³-hybridized carbons (Fsp3) is 0.286. The predicted molar refractivity (Wildman–Crippen MR) is 77.4 cm³/mol. The fourth-order valence-corrected chi connectivity index (χ4v) is 2.18. The van der Waals surface area contributed by atoms with Crippen molar-refractivity contribution in [1.82, 2.24) is 15.1 Å². The van der Waals surface area contributed by atoms with Crippen molar-refractivity contribution in [3.63, 3.8) is 0 Å². The smallest absolute Gasteiger partial charge is 0.254 e. The van der Waals surface area contributed by atoms with Crippen LogP contribution in [0.15, 0.2) is 30.5 Å². The molecule has 2 aromatic rings. The highest BCUT2D eigenvalue weighted by Gasteiger charge is 2.16. The molecule has 1 aromatic carbocycles. The standard InChI is InChI=1S/C14H16ClN3O2/c1-2-13-12(14(20)16-6-7-19)9-17-18(13)11-5-3-4-10(15)8-11/h3-5,8-9,19H,2,6-7H2,1H3,(H,16,20). The van der Waals surface area contributed by atoms with Gasteiger partial charge in [0, 0.05) is 11.6 Å². The van der Waals surface area contributed by atoms with Gasteiger partial charge in [0.1, 0.15) is 0 Å². The quantitative estimate of drug-likeness (QED) is 0.883. The summed E-state index contributed by atoms with van der Waals surface area (Å²) >= 11 is 5.98. The SMILES string of the molecule is CCc1c(C(=O)NCCO)cnn1-c1cccc(Cl)c1. The number of hydrogen-bond donors (Lipinski definition) is 2. The van der Waals surface area contributed by atoms with E-state index in [1.807, 2.05) is 19.1 Å². The van der Waals surface area contributed by atoms with Crippen LogP contribution in [0.3, 0.4) is 0 Å². The minimum Gasteiger partial charge on any atom is -0.395 e. The molecule has 20 heavy (non-hydrogen) atoms. The molecule has 0 bridgehead atoms. The van der Waals surface area contributed by atoms with E-state index in [4.69, 9.17) is 16.7 Å². The van der Waals surface area contributed by atoms with Gasteiger partial charge in [0.05, 0.1) is 29.7 Å². The molecule has 1 amide bonds. The molecule has 5 nitrogen and oxygen atoms in total. The molecule has 6 heteroatoms. The molecule has 0 unspecified atom stereocenters. The lowest BCUT2D eigenvalue weighted by Gasteiger charge is -2.08. The van der Waals surface area contributed by atoms with E-state index in [2.05, 4.69) is 10.4 Å². The molecule has 1 aromatic heterocycles. The molecule has 106 valence electrons. The molecular weight excluding hydrogens is 278 g/mol. The largest absolute Gasteiger partial charge is 0.395 e. The number of amides is 1. The topological polar surface area (TPSA) is 67.2 Å². The number of aliphatic hydroxyl groups excluding tert-OH is 1. The van der Waals surface area contributed by atoms with Gasteiger partial charge in [0.2, 0.25) is 0 Å². The fourth-order valence-electron chi connectivity index (χ4n) is 2.00. The minimum absolute atomic E-state index is 0.0877. The van der Waals surface area contributed by atoms with E-state index in [1.165, 1.54) is 6.20 Å². The monoisotopic (exact) mass is 293 g/mol. The number of benzene rings is 1. The Balaban J connectivity index is 2.37. The summed E-state index contributed by atoms with van der Waals surface area (Å²) in [7, 11) is 0. The summed E-state index contributed by atoms with van der Waals surface area (Å²) in [5.41, 5.74) is 2.14. The van der Waals surface area contributed by atoms with E-state index < -0.39 is 0 Å². The van der Waals surface area contributed by atoms with Gasteiger partial charge in [-0.25, -0.2) is 4.68 Å². The van der Waals surface area contributed by atoms with E-state index in [0.29, 0.717) is 17.0 Å². The highest BCUT2D eigenvalue weighted by molar-refractivity contribution is 6.30. The van der Waals surface area contributed by atoms with Crippen LogP contribution in [0, 0.1) is 0 Å². The first-order valence-corrected chi connectivity index (χ1v) is 6.77. The molecule has 1 heterocycles. The van der Waals surface area contributed by atoms with Crippen LogP contribution in [0.2, 0.25) is 5.02 Å². The van der Waals surface area contributed by atoms with Crippen LogP contribution in [-0.4, -0.2) is 33.9 Å². The highest BCUT2D eigenvalue weighted by Crippen LogP contribution is 2.19. The summed E-state index contributed by atoms with van der Waals surface area (Å²) in [4.78, 5) is 12.0. The Morgan fingerprint density at radius 3 is 2.95 bits per heavy atom. The van der Waals surface area contributed by atoms with Crippen LogP contribution in [0.1, 0.15) is 23.0 Å². The van der Waals surface area contributed by atoms with Gasteiger partial charge in [-0.3, -0.25) is 4.79 Å². The molecule has 0 spiro atoms. The molecule has 0 fully saturated rings. The third-order valence-electron chi connectivity index (χ3n) is 2.90. The molecule has 0 aliphatic carbocycles. The second-order valence-electron chi connectivity index (χ2n) is 4.23. The lowest BCUT2D eigenvalue weighted by Crippen LogP contribution is -2.27. The van der Waals surface area contributed by atoms with Crippen molar-refractivity contribution in [2.75, 3.05) is 13.2 Å². The first-order chi connectivity index (χ1) is 9.67. The maximum atomic E-state index is 12.0. The summed E-state index contributed by atoms with van der Waals surface area (Å²) in [5, 5.41) is 16.3. The van der Waals surface area contributed by atoms with Gasteiger partial charge in [-0.1, -0.05) is 24.6 Å². The molecular formula is C14H16ClN3O2. The van der Waals surface area contributed by atoms with Gasteiger partial charge in [0.15, 0.2) is 0 Å². The average Bonchev–Trinajstić information content (AvgIpc) is 2.88. The maximum absolute atomic E-state index is 12.0. The molecule has 0 aliphatic rings. The summed E-state index contributed by atoms with van der Waals surface area (Å²) in [6.07, 6.45) is 2.20. The van der Waals surface area contributed by atoms with Crippen LogP contribution in [0.4, 0.5) is 0 Å². The van der Waals surface area contributed by atoms with E-state index >= 15 is 0 Å². The second-order valence-corrected chi connectivity index (χ2v) is 4.67. The lowest BCUT2D eigenvalue weighted by atomic mass is 10.2. The number of nitrogens with zero attached hydrogens (tertiary/aromatic N) is 2. The third kappa shape index (κ3) is 3.00. The van der Waals surface area contributed by atoms with Crippen LogP contribution in [0.5, 0.6) is 0 Å². The minimum atomic E-state index is -0.232. The summed E-state index contributed by atoms with van der Waals surface area (Å²) in [6, 6.07) is 7.30. The Hall–Kier alpha value is -1.85. The average molecular weight is 294 g/mol. The number of rotatable bonds is 5. The highest BCUT2D eigenvalue weighted by atomic mass is 35.5. The van der Waals surface area contributed by atoms with Gasteiger partial charge >= 0.3 is 0 Å². The van der Waals surface area contributed by atoms with Gasteiger partial charge in [0.25, 0.3) is 5.91 Å². The van der Waals surface area contributed by atoms with Crippen molar-refractivity contribution >= 4 is 17.5 Å². The number of aromatic nitrogens is 2. The summed E-state index contributed by atoms with van der Waals surface area (Å²) in [6.45, 7) is 2.10. The number of hydrogen-bond acceptors (Lipinski definition) is 3. The lowest BCUT2D eigenvalue weighted by molar-refractivity contribution is 0.0944. The molecule has 0 radical (unpaired) electrons. The number of carbonyl (C=O) groups is 1. The second kappa shape index (κ2) is 6.54. The number of aliphatic hydroxyl groups is 1. The Bertz CT molecular complexity index is 610. The first kappa shape index (κ1) is 14.6. The van der Waals surface area contributed by atoms with Crippen molar-refractivity contribution in [2.24, 2.45) is 0 Å². The van der Waals surface area contributed by atoms with Gasteiger partial charge in [-0.15, -0.1) is 0 Å². The van der Waals surface area contributed by atoms with Crippen molar-refractivity contribution in [3.8, 4) is 5.69 Å². The Kier molecular flexibility index (Phi) is 4.76. The van der Waals surface area contributed by atoms with Gasteiger partial charge in [-0.2, -0.15) is 5.10 Å². The van der Waals surface area contributed by atoms with Crippen LogP contribution in [0.25, 0.3) is 5.69 Å². The van der Waals surface area contributed by atoms with Gasteiger partial charge < -0.3 is 10.4 Å². The molecule has 2 rings (SSSR count). The first-order valence-electron chi connectivity index (χ1n) is 6.39. The van der Waals surface area contributed by atoms with Crippen molar-refractivity contribution in [2.45, 2.75) is 13.3 Å². The Labute approximate surface area is 122 Å². The van der Waals surface area contributed by atoms with Crippen LogP contribution >= 0.6 is 11.6 Å². The number of nitrogens with one attached hydrogen (secondary N) is 1. The molecule has 0 saturated heterocycles. The van der Waals surface area contributed by atoms with Crippen LogP contribution in [-0.2, 0) is 6.42 Å². The van der Waals surface area contributed by atoms with E-state index in [-0.39, 0.29) is 19.1 Å². The van der Waals surface area contributed by atoms with Crippen molar-refractivity contribution < 1.29 is 9.90 Å². The number of halogens is 1. The molecule has 0 saturated carbocycles. The molecule has 0 atom stereocenters. The molecule has 0 aliphatic heterocycles. The Morgan fingerprint density at radius 2 is 2.30 bits per heavy atom. The summed E-state index contributed by atoms with van der Waals surface area (Å²) in [5.74, 6) is -0.232.